The zero-order chi connectivity index (χ0) is 44.1. The number of aromatic nitrogens is 7. The molecule has 18 nitrogen and oxygen atoms in total. The number of fused-ring (bicyclic) bond motifs is 2. The van der Waals surface area contributed by atoms with Crippen molar-refractivity contribution in [3.63, 3.8) is 0 Å². The number of benzene rings is 1. The number of nitrogens with one attached hydrogen (secondary N) is 1. The smallest absolute Gasteiger partial charge is 0.255 e. The molecule has 0 radical (unpaired) electrons. The number of piperazine rings is 1. The van der Waals surface area contributed by atoms with Crippen LogP contribution in [0.15, 0.2) is 41.6 Å². The largest absolute Gasteiger partial charge is 0.383 e. The average Bonchev–Trinajstić information content (AvgIpc) is 3.58. The second kappa shape index (κ2) is 17.4. The zero-order valence-corrected chi connectivity index (χ0v) is 36.7. The van der Waals surface area contributed by atoms with E-state index in [0.717, 1.165) is 125 Å². The standard InChI is InChI=1S/C46H57N13O5/c1-28(2)59-44-39(43(47)48-26-49-44)40(52-59)41-38(42(64-53-41)29-8-9-29)34-25-57(27-50-34)31-14-17-56(18-15-31)37(61)7-5-3-4-6-16-54-19-21-55(22-20-54)32-10-11-33-30(23-32)24-58(46(33)63)35-12-13-36(60)51-45(35)62/h10-11,23,25-29,31,35H,3-9,12-22,24H2,1-2H3,(H2,47,48,49)(H,51,60,62). The molecule has 4 aromatic heterocycles. The van der Waals surface area contributed by atoms with Crippen LogP contribution in [-0.2, 0) is 20.9 Å². The molecule has 18 heteroatoms. The van der Waals surface area contributed by atoms with E-state index < -0.39 is 6.04 Å². The Morgan fingerprint density at radius 1 is 0.922 bits per heavy atom. The summed E-state index contributed by atoms with van der Waals surface area (Å²) < 4.78 is 10.0. The first-order valence-electron chi connectivity index (χ1n) is 23.2. The fourth-order valence-corrected chi connectivity index (χ4v) is 10.0. The molecular formula is C46H57N13O5. The van der Waals surface area contributed by atoms with Gasteiger partial charge in [0.2, 0.25) is 17.7 Å². The molecular weight excluding hydrogens is 815 g/mol. The lowest BCUT2D eigenvalue weighted by molar-refractivity contribution is -0.137. The number of piperidine rings is 2. The van der Waals surface area contributed by atoms with Crippen LogP contribution >= 0.6 is 0 Å². The number of carbonyl (C=O) groups excluding carboxylic acids is 4. The Balaban J connectivity index is 0.657. The summed E-state index contributed by atoms with van der Waals surface area (Å²) in [5.41, 5.74) is 12.6. The minimum atomic E-state index is -0.602. The second-order valence-electron chi connectivity index (χ2n) is 18.4. The number of imide groups is 1. The third-order valence-electron chi connectivity index (χ3n) is 13.9. The number of amides is 4. The zero-order valence-electron chi connectivity index (χ0n) is 36.7. The highest BCUT2D eigenvalue weighted by Gasteiger charge is 2.40. The van der Waals surface area contributed by atoms with Crippen molar-refractivity contribution >= 4 is 46.2 Å². The van der Waals surface area contributed by atoms with E-state index in [4.69, 9.17) is 20.3 Å². The summed E-state index contributed by atoms with van der Waals surface area (Å²) in [6.45, 7) is 10.8. The first kappa shape index (κ1) is 41.8. The highest BCUT2D eigenvalue weighted by atomic mass is 16.5. The number of nitrogens with zero attached hydrogens (tertiary/aromatic N) is 11. The summed E-state index contributed by atoms with van der Waals surface area (Å²) in [5.74, 6) is 0.926. The van der Waals surface area contributed by atoms with Crippen LogP contribution in [0.1, 0.15) is 124 Å². The summed E-state index contributed by atoms with van der Waals surface area (Å²) in [6.07, 6.45) is 14.6. The lowest BCUT2D eigenvalue weighted by atomic mass is 10.0. The van der Waals surface area contributed by atoms with Crippen LogP contribution < -0.4 is 16.0 Å². The molecule has 1 saturated carbocycles. The molecule has 336 valence electrons. The molecule has 1 atom stereocenters. The van der Waals surface area contributed by atoms with Crippen LogP contribution in [-0.4, -0.2) is 125 Å². The normalized spacial score (nSPS) is 20.0. The number of rotatable bonds is 14. The molecule has 5 aliphatic rings. The van der Waals surface area contributed by atoms with Gasteiger partial charge in [0, 0.05) is 94.1 Å². The molecule has 1 unspecified atom stereocenters. The van der Waals surface area contributed by atoms with Crippen molar-refractivity contribution in [2.45, 2.75) is 115 Å². The molecule has 64 heavy (non-hydrogen) atoms. The Hall–Kier alpha value is -6.17. The van der Waals surface area contributed by atoms with Gasteiger partial charge in [0.05, 0.1) is 23.0 Å². The topological polar surface area (TPSA) is 207 Å². The van der Waals surface area contributed by atoms with Gasteiger partial charge in [-0.25, -0.2) is 19.6 Å². The molecule has 0 spiro atoms. The molecule has 1 aromatic carbocycles. The number of carbonyl (C=O) groups is 4. The molecule has 10 rings (SSSR count). The Bertz CT molecular complexity index is 2580. The van der Waals surface area contributed by atoms with Gasteiger partial charge in [-0.05, 0) is 89.1 Å². The number of unbranched alkanes of at least 4 members (excludes halogenated alkanes) is 3. The van der Waals surface area contributed by atoms with Crippen LogP contribution in [0.3, 0.4) is 0 Å². The predicted octanol–water partition coefficient (Wildman–Crippen LogP) is 5.08. The van der Waals surface area contributed by atoms with E-state index >= 15 is 0 Å². The van der Waals surface area contributed by atoms with Gasteiger partial charge in [0.25, 0.3) is 5.91 Å². The Kier molecular flexibility index (Phi) is 11.4. The van der Waals surface area contributed by atoms with Gasteiger partial charge < -0.3 is 29.5 Å². The van der Waals surface area contributed by atoms with Crippen LogP contribution in [0, 0.1) is 0 Å². The summed E-state index contributed by atoms with van der Waals surface area (Å²) in [7, 11) is 0. The molecule has 3 N–H and O–H groups in total. The maximum atomic E-state index is 13.3. The first-order chi connectivity index (χ1) is 31.1. The van der Waals surface area contributed by atoms with Crippen LogP contribution in [0.25, 0.3) is 33.7 Å². The quantitative estimate of drug-likeness (QED) is 0.110. The molecule has 4 fully saturated rings. The van der Waals surface area contributed by atoms with Crippen molar-refractivity contribution in [3.05, 3.63) is 53.9 Å². The van der Waals surface area contributed by atoms with Gasteiger partial charge in [-0.3, -0.25) is 29.4 Å². The van der Waals surface area contributed by atoms with Crippen molar-refractivity contribution < 1.29 is 23.7 Å². The molecule has 5 aromatic rings. The third-order valence-corrected chi connectivity index (χ3v) is 13.9. The number of likely N-dealkylation sites (tertiary alicyclic amines) is 1. The number of hydrogen-bond donors (Lipinski definition) is 2. The molecule has 4 amide bonds. The second-order valence-corrected chi connectivity index (χ2v) is 18.4. The van der Waals surface area contributed by atoms with Crippen molar-refractivity contribution in [1.29, 1.82) is 0 Å². The number of nitrogens with two attached hydrogens (primary N) is 1. The Morgan fingerprint density at radius 3 is 2.48 bits per heavy atom. The van der Waals surface area contributed by atoms with E-state index in [9.17, 15) is 19.2 Å². The van der Waals surface area contributed by atoms with Gasteiger partial charge >= 0.3 is 0 Å². The SMILES string of the molecule is CC(C)n1nc(-c2noc(C3CC3)c2-c2cn(C3CCN(C(=O)CCCCCCN4CCN(c5ccc6c(c5)CN(C5CCC(=O)NC5=O)C6=O)CC4)CC3)cn2)c2c(N)ncnc21. The van der Waals surface area contributed by atoms with Crippen molar-refractivity contribution in [1.82, 2.24) is 54.5 Å². The van der Waals surface area contributed by atoms with Crippen molar-refractivity contribution in [3.8, 4) is 22.6 Å². The molecule has 8 heterocycles. The highest BCUT2D eigenvalue weighted by molar-refractivity contribution is 6.05. The van der Waals surface area contributed by atoms with Crippen LogP contribution in [0.4, 0.5) is 11.5 Å². The highest BCUT2D eigenvalue weighted by Crippen LogP contribution is 2.48. The van der Waals surface area contributed by atoms with Gasteiger partial charge in [0.1, 0.15) is 35.3 Å². The number of hydrogen-bond acceptors (Lipinski definition) is 13. The van der Waals surface area contributed by atoms with E-state index in [0.29, 0.717) is 59.1 Å². The monoisotopic (exact) mass is 871 g/mol. The first-order valence-corrected chi connectivity index (χ1v) is 23.2. The predicted molar refractivity (Wildman–Crippen MR) is 238 cm³/mol. The van der Waals surface area contributed by atoms with E-state index in [1.54, 1.807) is 4.90 Å². The lowest BCUT2D eigenvalue weighted by Crippen LogP contribution is -2.52. The van der Waals surface area contributed by atoms with Crippen molar-refractivity contribution in [2.75, 3.05) is 56.4 Å². The van der Waals surface area contributed by atoms with E-state index in [2.05, 4.69) is 60.9 Å². The number of anilines is 2. The van der Waals surface area contributed by atoms with E-state index in [-0.39, 0.29) is 42.1 Å². The minimum Gasteiger partial charge on any atom is -0.383 e. The Labute approximate surface area is 371 Å². The van der Waals surface area contributed by atoms with Gasteiger partial charge in [-0.1, -0.05) is 18.0 Å². The van der Waals surface area contributed by atoms with Crippen LogP contribution in [0.5, 0.6) is 0 Å². The summed E-state index contributed by atoms with van der Waals surface area (Å²) in [5, 5.41) is 12.5. The van der Waals surface area contributed by atoms with E-state index in [1.165, 1.54) is 6.33 Å². The molecule has 0 bridgehead atoms. The van der Waals surface area contributed by atoms with Gasteiger partial charge in [-0.2, -0.15) is 5.10 Å². The molecule has 3 saturated heterocycles. The number of nitrogen functional groups attached to an aromatic ring is 1. The third kappa shape index (κ3) is 8.11. The maximum absolute atomic E-state index is 13.3. The summed E-state index contributed by atoms with van der Waals surface area (Å²) in [4.78, 5) is 72.6. The molecule has 1 aliphatic carbocycles. The molecule has 4 aliphatic heterocycles. The lowest BCUT2D eigenvalue weighted by Gasteiger charge is -2.36. The van der Waals surface area contributed by atoms with Gasteiger partial charge in [-0.15, -0.1) is 0 Å². The fourth-order valence-electron chi connectivity index (χ4n) is 10.0. The Morgan fingerprint density at radius 2 is 1.72 bits per heavy atom. The maximum Gasteiger partial charge on any atom is 0.255 e. The number of imidazole rings is 1. The van der Waals surface area contributed by atoms with E-state index in [1.807, 2.05) is 28.0 Å². The fraction of sp³-hybridized carbons (Fsp3) is 0.543. The van der Waals surface area contributed by atoms with Gasteiger partial charge in [0.15, 0.2) is 5.65 Å². The summed E-state index contributed by atoms with van der Waals surface area (Å²) >= 11 is 0. The summed E-state index contributed by atoms with van der Waals surface area (Å²) in [6, 6.07) is 5.68. The minimum absolute atomic E-state index is 0.0533. The van der Waals surface area contributed by atoms with Crippen molar-refractivity contribution in [2.24, 2.45) is 0 Å². The average molecular weight is 872 g/mol. The van der Waals surface area contributed by atoms with Crippen LogP contribution in [0.2, 0.25) is 0 Å².